The van der Waals surface area contributed by atoms with E-state index in [9.17, 15) is 4.79 Å². The summed E-state index contributed by atoms with van der Waals surface area (Å²) in [5.74, 6) is 0.271. The highest BCUT2D eigenvalue weighted by atomic mass is 16.5. The van der Waals surface area contributed by atoms with Crippen LogP contribution < -0.4 is 5.32 Å². The summed E-state index contributed by atoms with van der Waals surface area (Å²) in [5, 5.41) is 3.57. The molecule has 1 aromatic carbocycles. The van der Waals surface area contributed by atoms with E-state index < -0.39 is 0 Å². The summed E-state index contributed by atoms with van der Waals surface area (Å²) in [6.45, 7) is 6.31. The third-order valence-electron chi connectivity index (χ3n) is 4.52. The molecule has 2 fully saturated rings. The van der Waals surface area contributed by atoms with Crippen LogP contribution in [-0.4, -0.2) is 36.1 Å². The van der Waals surface area contributed by atoms with Crippen molar-refractivity contribution in [3.63, 3.8) is 0 Å². The lowest BCUT2D eigenvalue weighted by Crippen LogP contribution is -2.33. The molecule has 1 N–H and O–H groups in total. The van der Waals surface area contributed by atoms with Crippen LogP contribution in [0.4, 0.5) is 0 Å². The standard InChI is InChI=1S/C17H24N2O2/c1-3-21-12-6-11-19-15(14-8-5-4-7-13(14)2)18-17(9-10-17)16(19)20/h4-5,7-8,15,18H,3,6,9-12H2,1-2H3. The van der Waals surface area contributed by atoms with E-state index in [4.69, 9.17) is 4.74 Å². The van der Waals surface area contributed by atoms with Gasteiger partial charge in [-0.15, -0.1) is 0 Å². The Balaban J connectivity index is 1.77. The highest BCUT2D eigenvalue weighted by molar-refractivity contribution is 5.92. The van der Waals surface area contributed by atoms with Crippen LogP contribution >= 0.6 is 0 Å². The predicted molar refractivity (Wildman–Crippen MR) is 81.8 cm³/mol. The topological polar surface area (TPSA) is 41.6 Å². The number of ether oxygens (including phenoxy) is 1. The summed E-state index contributed by atoms with van der Waals surface area (Å²) in [6.07, 6.45) is 2.84. The average Bonchev–Trinajstić information content (AvgIpc) is 3.21. The second-order valence-corrected chi connectivity index (χ2v) is 6.03. The highest BCUT2D eigenvalue weighted by Crippen LogP contribution is 2.46. The lowest BCUT2D eigenvalue weighted by Gasteiger charge is -2.25. The van der Waals surface area contributed by atoms with Gasteiger partial charge >= 0.3 is 0 Å². The molecular formula is C17H24N2O2. The van der Waals surface area contributed by atoms with Crippen LogP contribution in [0.5, 0.6) is 0 Å². The number of amides is 1. The first-order valence-electron chi connectivity index (χ1n) is 7.90. The number of aryl methyl sites for hydroxylation is 1. The van der Waals surface area contributed by atoms with Gasteiger partial charge in [0.1, 0.15) is 11.7 Å². The lowest BCUT2D eigenvalue weighted by molar-refractivity contribution is -0.131. The summed E-state index contributed by atoms with van der Waals surface area (Å²) in [6, 6.07) is 8.32. The molecule has 1 spiro atoms. The Morgan fingerprint density at radius 2 is 2.14 bits per heavy atom. The molecule has 1 heterocycles. The minimum atomic E-state index is -0.265. The van der Waals surface area contributed by atoms with Gasteiger partial charge in [0.15, 0.2) is 0 Å². The molecule has 1 atom stereocenters. The number of hydrogen-bond donors (Lipinski definition) is 1. The second kappa shape index (κ2) is 5.78. The van der Waals surface area contributed by atoms with Gasteiger partial charge < -0.3 is 9.64 Å². The van der Waals surface area contributed by atoms with Crippen molar-refractivity contribution in [1.82, 2.24) is 10.2 Å². The van der Waals surface area contributed by atoms with Crippen molar-refractivity contribution < 1.29 is 9.53 Å². The Labute approximate surface area is 126 Å². The number of carbonyl (C=O) groups excluding carboxylic acids is 1. The summed E-state index contributed by atoms with van der Waals surface area (Å²) in [7, 11) is 0. The van der Waals surface area contributed by atoms with Crippen molar-refractivity contribution in [3.05, 3.63) is 35.4 Å². The number of nitrogens with zero attached hydrogens (tertiary/aromatic N) is 1. The van der Waals surface area contributed by atoms with Crippen LogP contribution in [0.15, 0.2) is 24.3 Å². The van der Waals surface area contributed by atoms with E-state index in [-0.39, 0.29) is 17.6 Å². The van der Waals surface area contributed by atoms with Gasteiger partial charge in [-0.3, -0.25) is 10.1 Å². The van der Waals surface area contributed by atoms with E-state index in [1.54, 1.807) is 0 Å². The number of carbonyl (C=O) groups is 1. The van der Waals surface area contributed by atoms with Crippen LogP contribution in [0.3, 0.4) is 0 Å². The fourth-order valence-electron chi connectivity index (χ4n) is 3.13. The quantitative estimate of drug-likeness (QED) is 0.817. The Morgan fingerprint density at radius 3 is 2.81 bits per heavy atom. The third-order valence-corrected chi connectivity index (χ3v) is 4.52. The first kappa shape index (κ1) is 14.5. The fraction of sp³-hybridized carbons (Fsp3) is 0.588. The zero-order chi connectivity index (χ0) is 14.9. The van der Waals surface area contributed by atoms with E-state index in [2.05, 4.69) is 24.4 Å². The maximum atomic E-state index is 12.7. The lowest BCUT2D eigenvalue weighted by atomic mass is 10.1. The largest absolute Gasteiger partial charge is 0.382 e. The fourth-order valence-corrected chi connectivity index (χ4v) is 3.13. The van der Waals surface area contributed by atoms with E-state index in [1.807, 2.05) is 24.0 Å². The molecular weight excluding hydrogens is 264 g/mol. The number of hydrogen-bond acceptors (Lipinski definition) is 3. The molecule has 2 aliphatic rings. The van der Waals surface area contributed by atoms with E-state index in [0.717, 1.165) is 32.4 Å². The molecule has 1 saturated heterocycles. The van der Waals surface area contributed by atoms with Gasteiger partial charge in [-0.1, -0.05) is 24.3 Å². The SMILES string of the molecule is CCOCCCN1C(=O)C2(CC2)NC1c1ccccc1C. The summed E-state index contributed by atoms with van der Waals surface area (Å²) in [5.41, 5.74) is 2.18. The smallest absolute Gasteiger partial charge is 0.244 e. The Morgan fingerprint density at radius 1 is 1.38 bits per heavy atom. The van der Waals surface area contributed by atoms with E-state index in [0.29, 0.717) is 6.61 Å². The zero-order valence-corrected chi connectivity index (χ0v) is 12.9. The Kier molecular flexibility index (Phi) is 4.00. The van der Waals surface area contributed by atoms with Gasteiger partial charge in [-0.2, -0.15) is 0 Å². The highest BCUT2D eigenvalue weighted by Gasteiger charge is 2.59. The van der Waals surface area contributed by atoms with E-state index >= 15 is 0 Å². The second-order valence-electron chi connectivity index (χ2n) is 6.03. The molecule has 1 aliphatic heterocycles. The normalized spacial score (nSPS) is 23.0. The molecule has 1 amide bonds. The number of rotatable bonds is 6. The van der Waals surface area contributed by atoms with Crippen molar-refractivity contribution in [2.45, 2.75) is 44.8 Å². The molecule has 0 bridgehead atoms. The summed E-state index contributed by atoms with van der Waals surface area (Å²) in [4.78, 5) is 14.7. The van der Waals surface area contributed by atoms with Crippen LogP contribution in [0.1, 0.15) is 43.5 Å². The minimum Gasteiger partial charge on any atom is -0.382 e. The summed E-state index contributed by atoms with van der Waals surface area (Å²) < 4.78 is 5.40. The van der Waals surface area contributed by atoms with Crippen LogP contribution in [-0.2, 0) is 9.53 Å². The maximum absolute atomic E-state index is 12.7. The van der Waals surface area contributed by atoms with Crippen molar-refractivity contribution >= 4 is 5.91 Å². The number of nitrogens with one attached hydrogen (secondary N) is 1. The molecule has 0 aromatic heterocycles. The first-order valence-corrected chi connectivity index (χ1v) is 7.90. The molecule has 21 heavy (non-hydrogen) atoms. The molecule has 1 aromatic rings. The monoisotopic (exact) mass is 288 g/mol. The number of benzene rings is 1. The van der Waals surface area contributed by atoms with Crippen molar-refractivity contribution in [3.8, 4) is 0 Å². The molecule has 3 rings (SSSR count). The van der Waals surface area contributed by atoms with Gasteiger partial charge in [0, 0.05) is 19.8 Å². The van der Waals surface area contributed by atoms with Crippen molar-refractivity contribution in [2.24, 2.45) is 0 Å². The van der Waals surface area contributed by atoms with Gasteiger partial charge in [0.25, 0.3) is 0 Å². The van der Waals surface area contributed by atoms with Crippen LogP contribution in [0.2, 0.25) is 0 Å². The van der Waals surface area contributed by atoms with E-state index in [1.165, 1.54) is 11.1 Å². The molecule has 0 radical (unpaired) electrons. The van der Waals surface area contributed by atoms with Gasteiger partial charge in [0.2, 0.25) is 5.91 Å². The molecule has 1 aliphatic carbocycles. The predicted octanol–water partition coefficient (Wildman–Crippen LogP) is 2.38. The van der Waals surface area contributed by atoms with Crippen molar-refractivity contribution in [2.75, 3.05) is 19.8 Å². The molecule has 114 valence electrons. The van der Waals surface area contributed by atoms with Gasteiger partial charge in [-0.05, 0) is 44.2 Å². The van der Waals surface area contributed by atoms with Gasteiger partial charge in [0.05, 0.1) is 0 Å². The van der Waals surface area contributed by atoms with Gasteiger partial charge in [-0.25, -0.2) is 0 Å². The maximum Gasteiger partial charge on any atom is 0.244 e. The summed E-state index contributed by atoms with van der Waals surface area (Å²) >= 11 is 0. The Bertz CT molecular complexity index is 525. The average molecular weight is 288 g/mol. The molecule has 1 saturated carbocycles. The molecule has 4 heteroatoms. The Hall–Kier alpha value is -1.39. The first-order chi connectivity index (χ1) is 10.2. The van der Waals surface area contributed by atoms with Crippen molar-refractivity contribution in [1.29, 1.82) is 0 Å². The minimum absolute atomic E-state index is 0.0165. The molecule has 1 unspecified atom stereocenters. The third kappa shape index (κ3) is 2.70. The molecule has 4 nitrogen and oxygen atoms in total. The van der Waals surface area contributed by atoms with Crippen LogP contribution in [0, 0.1) is 6.92 Å². The van der Waals surface area contributed by atoms with Crippen LogP contribution in [0.25, 0.3) is 0 Å². The zero-order valence-electron chi connectivity index (χ0n) is 12.9.